The smallest absolute Gasteiger partial charge is 0.185 e. The van der Waals surface area contributed by atoms with E-state index in [9.17, 15) is 4.79 Å². The van der Waals surface area contributed by atoms with Gasteiger partial charge in [0.15, 0.2) is 5.78 Å². The highest BCUT2D eigenvalue weighted by Gasteiger charge is 2.00. The Morgan fingerprint density at radius 2 is 1.65 bits per heavy atom. The van der Waals surface area contributed by atoms with Crippen LogP contribution in [0, 0.1) is 0 Å². The molecule has 0 heterocycles. The van der Waals surface area contributed by atoms with E-state index in [4.69, 9.17) is 0 Å². The summed E-state index contributed by atoms with van der Waals surface area (Å²) in [5.41, 5.74) is 1.60. The number of rotatable bonds is 8. The quantitative estimate of drug-likeness (QED) is 0.407. The molecule has 1 heteroatoms. The van der Waals surface area contributed by atoms with Crippen LogP contribution < -0.4 is 0 Å². The molecule has 20 heavy (non-hydrogen) atoms. The first-order chi connectivity index (χ1) is 9.69. The fourth-order valence-corrected chi connectivity index (χ4v) is 1.31. The van der Waals surface area contributed by atoms with Crippen molar-refractivity contribution in [3.8, 4) is 0 Å². The van der Waals surface area contributed by atoms with Crippen LogP contribution in [0.3, 0.4) is 0 Å². The van der Waals surface area contributed by atoms with Gasteiger partial charge in [-0.3, -0.25) is 4.79 Å². The third-order valence-corrected chi connectivity index (χ3v) is 2.21. The maximum atomic E-state index is 12.0. The Kier molecular flexibility index (Phi) is 15.5. The van der Waals surface area contributed by atoms with E-state index in [1.807, 2.05) is 52.0 Å². The van der Waals surface area contributed by atoms with Crippen LogP contribution in [-0.2, 0) is 4.79 Å². The molecule has 110 valence electrons. The van der Waals surface area contributed by atoms with Crippen LogP contribution in [0.25, 0.3) is 0 Å². The second-order valence-corrected chi connectivity index (χ2v) is 3.68. The molecule has 0 bridgehead atoms. The lowest BCUT2D eigenvalue weighted by Gasteiger charge is -1.97. The molecule has 0 aromatic heterocycles. The number of ketones is 1. The molecule has 0 saturated heterocycles. The van der Waals surface area contributed by atoms with Crippen LogP contribution in [0.1, 0.15) is 40.5 Å². The summed E-state index contributed by atoms with van der Waals surface area (Å²) < 4.78 is 0. The van der Waals surface area contributed by atoms with Gasteiger partial charge in [-0.05, 0) is 24.5 Å². The molecule has 0 aliphatic carbocycles. The lowest BCUT2D eigenvalue weighted by molar-refractivity contribution is -0.111. The molecule has 0 rings (SSSR count). The van der Waals surface area contributed by atoms with E-state index in [-0.39, 0.29) is 5.78 Å². The van der Waals surface area contributed by atoms with Crippen molar-refractivity contribution in [2.75, 3.05) is 0 Å². The Hall–Kier alpha value is -1.89. The van der Waals surface area contributed by atoms with Crippen molar-refractivity contribution in [3.05, 3.63) is 72.9 Å². The third-order valence-electron chi connectivity index (χ3n) is 2.21. The van der Waals surface area contributed by atoms with E-state index in [1.54, 1.807) is 24.3 Å². The molecule has 0 spiro atoms. The van der Waals surface area contributed by atoms with Crippen LogP contribution in [0.2, 0.25) is 0 Å². The summed E-state index contributed by atoms with van der Waals surface area (Å²) in [6.07, 6.45) is 16.1. The first kappa shape index (κ1) is 20.4. The Morgan fingerprint density at radius 1 is 1.00 bits per heavy atom. The highest BCUT2D eigenvalue weighted by atomic mass is 16.1. The third kappa shape index (κ3) is 10.1. The Bertz CT molecular complexity index is 403. The second-order valence-electron chi connectivity index (χ2n) is 3.68. The minimum atomic E-state index is 0.0124. The van der Waals surface area contributed by atoms with Crippen molar-refractivity contribution in [3.63, 3.8) is 0 Å². The fraction of sp³-hybridized carbons (Fsp3) is 0.316. The molecule has 0 aliphatic heterocycles. The molecular weight excluding hydrogens is 244 g/mol. The molecule has 0 aromatic rings. The lowest BCUT2D eigenvalue weighted by atomic mass is 10.1. The molecule has 0 unspecified atom stereocenters. The summed E-state index contributed by atoms with van der Waals surface area (Å²) in [7, 11) is 0. The molecule has 0 fully saturated rings. The molecular formula is C19H28O. The van der Waals surface area contributed by atoms with Gasteiger partial charge in [-0.1, -0.05) is 83.4 Å². The van der Waals surface area contributed by atoms with Gasteiger partial charge in [0, 0.05) is 5.57 Å². The van der Waals surface area contributed by atoms with Crippen molar-refractivity contribution < 1.29 is 4.79 Å². The lowest BCUT2D eigenvalue weighted by Crippen LogP contribution is -1.96. The van der Waals surface area contributed by atoms with E-state index in [0.717, 1.165) is 24.0 Å². The first-order valence-electron chi connectivity index (χ1n) is 7.23. The van der Waals surface area contributed by atoms with Gasteiger partial charge in [0.2, 0.25) is 0 Å². The summed E-state index contributed by atoms with van der Waals surface area (Å²) in [5.74, 6) is 0.0124. The van der Waals surface area contributed by atoms with E-state index in [0.29, 0.717) is 0 Å². The van der Waals surface area contributed by atoms with Gasteiger partial charge in [-0.25, -0.2) is 0 Å². The largest absolute Gasteiger partial charge is 0.289 e. The minimum absolute atomic E-state index is 0.0124. The Labute approximate surface area is 124 Å². The molecule has 0 N–H and O–H groups in total. The molecule has 0 radical (unpaired) electrons. The monoisotopic (exact) mass is 272 g/mol. The van der Waals surface area contributed by atoms with Gasteiger partial charge >= 0.3 is 0 Å². The van der Waals surface area contributed by atoms with Crippen molar-refractivity contribution in [1.82, 2.24) is 0 Å². The van der Waals surface area contributed by atoms with Crippen molar-refractivity contribution >= 4 is 5.78 Å². The van der Waals surface area contributed by atoms with Gasteiger partial charge in [-0.2, -0.15) is 0 Å². The highest BCUT2D eigenvalue weighted by Crippen LogP contribution is 2.06. The van der Waals surface area contributed by atoms with Crippen LogP contribution >= 0.6 is 0 Å². The van der Waals surface area contributed by atoms with Crippen LogP contribution in [0.5, 0.6) is 0 Å². The Morgan fingerprint density at radius 3 is 2.10 bits per heavy atom. The predicted octanol–water partition coefficient (Wildman–Crippen LogP) is 5.74. The van der Waals surface area contributed by atoms with E-state index in [1.165, 1.54) is 0 Å². The number of hydrogen-bond donors (Lipinski definition) is 0. The van der Waals surface area contributed by atoms with Gasteiger partial charge in [0.25, 0.3) is 0 Å². The van der Waals surface area contributed by atoms with Gasteiger partial charge in [-0.15, -0.1) is 0 Å². The second kappa shape index (κ2) is 15.2. The molecule has 0 amide bonds. The summed E-state index contributed by atoms with van der Waals surface area (Å²) in [6, 6.07) is 0. The van der Waals surface area contributed by atoms with E-state index in [2.05, 4.69) is 13.2 Å². The molecule has 1 nitrogen and oxygen atoms in total. The van der Waals surface area contributed by atoms with Crippen LogP contribution in [0.15, 0.2) is 72.9 Å². The van der Waals surface area contributed by atoms with Crippen molar-refractivity contribution in [2.24, 2.45) is 0 Å². The normalized spacial score (nSPS) is 12.2. The summed E-state index contributed by atoms with van der Waals surface area (Å²) in [6.45, 7) is 15.4. The highest BCUT2D eigenvalue weighted by molar-refractivity contribution is 6.06. The number of carbonyl (C=O) groups is 1. The fourth-order valence-electron chi connectivity index (χ4n) is 1.31. The summed E-state index contributed by atoms with van der Waals surface area (Å²) in [5, 5.41) is 0. The van der Waals surface area contributed by atoms with Gasteiger partial charge in [0.05, 0.1) is 0 Å². The first-order valence-corrected chi connectivity index (χ1v) is 7.23. The standard InChI is InChI=1S/C17H22O.C2H6/c1-5-9-12-16(11-7-3)17(18)14-13-15(8-4)10-6-2;1-2/h6,8-14H,2,4-5,7H2,1,3H3;1-2H3/b12-9-,14-13+,15-10+,16-11+;. The number of allylic oxidation sites excluding steroid dienone is 10. The van der Waals surface area contributed by atoms with Crippen molar-refractivity contribution in [1.29, 1.82) is 0 Å². The zero-order valence-corrected chi connectivity index (χ0v) is 13.4. The average Bonchev–Trinajstić information content (AvgIpc) is 2.49. The zero-order chi connectivity index (χ0) is 15.8. The number of carbonyl (C=O) groups excluding carboxylic acids is 1. The van der Waals surface area contributed by atoms with E-state index >= 15 is 0 Å². The predicted molar refractivity (Wildman–Crippen MR) is 91.8 cm³/mol. The minimum Gasteiger partial charge on any atom is -0.289 e. The van der Waals surface area contributed by atoms with Crippen molar-refractivity contribution in [2.45, 2.75) is 40.5 Å². The molecule has 0 aliphatic rings. The number of hydrogen-bond acceptors (Lipinski definition) is 1. The van der Waals surface area contributed by atoms with E-state index < -0.39 is 0 Å². The van der Waals surface area contributed by atoms with Crippen LogP contribution in [-0.4, -0.2) is 5.78 Å². The molecule has 0 atom stereocenters. The molecule has 0 saturated carbocycles. The van der Waals surface area contributed by atoms with Crippen LogP contribution in [0.4, 0.5) is 0 Å². The topological polar surface area (TPSA) is 17.1 Å². The molecule has 0 aromatic carbocycles. The maximum Gasteiger partial charge on any atom is 0.185 e. The zero-order valence-electron chi connectivity index (χ0n) is 13.4. The summed E-state index contributed by atoms with van der Waals surface area (Å²) in [4.78, 5) is 12.0. The average molecular weight is 272 g/mol. The Balaban J connectivity index is 0. The maximum absolute atomic E-state index is 12.0. The van der Waals surface area contributed by atoms with Gasteiger partial charge in [0.1, 0.15) is 0 Å². The SMILES string of the molecule is C=C/C=C(C=C)/C=C/C(=O)C(/C=C\CC)=C/CC.CC. The van der Waals surface area contributed by atoms with Gasteiger partial charge < -0.3 is 0 Å². The summed E-state index contributed by atoms with van der Waals surface area (Å²) >= 11 is 0.